The van der Waals surface area contributed by atoms with Crippen molar-refractivity contribution in [2.75, 3.05) is 19.0 Å². The summed E-state index contributed by atoms with van der Waals surface area (Å²) in [5.41, 5.74) is 1.59. The van der Waals surface area contributed by atoms with Crippen LogP contribution >= 0.6 is 0 Å². The summed E-state index contributed by atoms with van der Waals surface area (Å²) in [6.07, 6.45) is 4.04. The normalized spacial score (nSPS) is 21.4. The highest BCUT2D eigenvalue weighted by Gasteiger charge is 2.29. The fraction of sp³-hybridized carbons (Fsp3) is 0.357. The number of anilines is 1. The second-order valence-electron chi connectivity index (χ2n) is 4.91. The third kappa shape index (κ3) is 3.09. The van der Waals surface area contributed by atoms with Gasteiger partial charge in [-0.15, -0.1) is 0 Å². The standard InChI is InChI=1S/C14H17N5O2/c1-21-12-8-13(15-9-12)14(20)18-10-2-4-11(5-3-10)19-16-6-7-17-19/h2-7,12-13,15H,8-9H2,1H3,(H,18,20). The Morgan fingerprint density at radius 2 is 2.05 bits per heavy atom. The predicted octanol–water partition coefficient (Wildman–Crippen LogP) is 0.583. The van der Waals surface area contributed by atoms with Crippen molar-refractivity contribution in [2.24, 2.45) is 0 Å². The van der Waals surface area contributed by atoms with Crippen molar-refractivity contribution in [2.45, 2.75) is 18.6 Å². The Hall–Kier alpha value is -2.25. The number of nitrogens with one attached hydrogen (secondary N) is 2. The molecule has 1 fully saturated rings. The molecule has 1 aromatic heterocycles. The minimum atomic E-state index is -0.206. The van der Waals surface area contributed by atoms with Gasteiger partial charge < -0.3 is 15.4 Å². The van der Waals surface area contributed by atoms with Gasteiger partial charge in [0.25, 0.3) is 0 Å². The summed E-state index contributed by atoms with van der Waals surface area (Å²) in [5.74, 6) is -0.0421. The minimum Gasteiger partial charge on any atom is -0.380 e. The van der Waals surface area contributed by atoms with Crippen LogP contribution in [-0.4, -0.2) is 46.7 Å². The number of carbonyl (C=O) groups excluding carboxylic acids is 1. The minimum absolute atomic E-state index is 0.0421. The molecular formula is C14H17N5O2. The van der Waals surface area contributed by atoms with Gasteiger partial charge in [0.05, 0.1) is 30.2 Å². The number of ether oxygens (including phenoxy) is 1. The molecule has 7 nitrogen and oxygen atoms in total. The number of methoxy groups -OCH3 is 1. The van der Waals surface area contributed by atoms with Crippen LogP contribution in [0.1, 0.15) is 6.42 Å². The molecule has 0 saturated carbocycles. The van der Waals surface area contributed by atoms with Gasteiger partial charge in [-0.2, -0.15) is 15.0 Å². The van der Waals surface area contributed by atoms with Gasteiger partial charge in [-0.05, 0) is 30.7 Å². The van der Waals surface area contributed by atoms with Gasteiger partial charge >= 0.3 is 0 Å². The lowest BCUT2D eigenvalue weighted by molar-refractivity contribution is -0.118. The maximum atomic E-state index is 12.1. The third-order valence-corrected chi connectivity index (χ3v) is 3.52. The first kappa shape index (κ1) is 13.7. The summed E-state index contributed by atoms with van der Waals surface area (Å²) in [5, 5.41) is 14.1. The summed E-state index contributed by atoms with van der Waals surface area (Å²) in [7, 11) is 1.66. The molecular weight excluding hydrogens is 270 g/mol. The molecule has 0 radical (unpaired) electrons. The molecule has 2 N–H and O–H groups in total. The molecule has 2 aromatic rings. The Labute approximate surface area is 122 Å². The van der Waals surface area contributed by atoms with E-state index in [1.807, 2.05) is 24.3 Å². The molecule has 1 saturated heterocycles. The summed E-state index contributed by atoms with van der Waals surface area (Å²) in [4.78, 5) is 13.7. The number of aromatic nitrogens is 3. The van der Waals surface area contributed by atoms with Crippen LogP contribution < -0.4 is 10.6 Å². The second kappa shape index (κ2) is 6.02. The van der Waals surface area contributed by atoms with Crippen molar-refractivity contribution in [3.05, 3.63) is 36.7 Å². The Morgan fingerprint density at radius 1 is 1.33 bits per heavy atom. The molecule has 2 heterocycles. The van der Waals surface area contributed by atoms with E-state index in [1.165, 1.54) is 4.80 Å². The highest BCUT2D eigenvalue weighted by Crippen LogP contribution is 2.15. The van der Waals surface area contributed by atoms with E-state index in [4.69, 9.17) is 4.74 Å². The van der Waals surface area contributed by atoms with E-state index >= 15 is 0 Å². The summed E-state index contributed by atoms with van der Waals surface area (Å²) in [6.45, 7) is 0.707. The number of rotatable bonds is 4. The maximum Gasteiger partial charge on any atom is 0.241 e. The molecule has 21 heavy (non-hydrogen) atoms. The number of carbonyl (C=O) groups is 1. The first-order valence-electron chi connectivity index (χ1n) is 6.80. The van der Waals surface area contributed by atoms with E-state index in [1.54, 1.807) is 19.5 Å². The van der Waals surface area contributed by atoms with Crippen LogP contribution in [0.25, 0.3) is 5.69 Å². The van der Waals surface area contributed by atoms with Crippen molar-refractivity contribution >= 4 is 11.6 Å². The quantitative estimate of drug-likeness (QED) is 0.860. The van der Waals surface area contributed by atoms with E-state index in [9.17, 15) is 4.79 Å². The van der Waals surface area contributed by atoms with Crippen molar-refractivity contribution in [1.29, 1.82) is 0 Å². The van der Waals surface area contributed by atoms with Crippen LogP contribution in [0.5, 0.6) is 0 Å². The van der Waals surface area contributed by atoms with E-state index < -0.39 is 0 Å². The summed E-state index contributed by atoms with van der Waals surface area (Å²) in [6, 6.07) is 7.17. The molecule has 3 rings (SSSR count). The SMILES string of the molecule is COC1CNC(C(=O)Nc2ccc(-n3nccn3)cc2)C1. The molecule has 110 valence electrons. The van der Waals surface area contributed by atoms with Gasteiger partial charge in [-0.1, -0.05) is 0 Å². The predicted molar refractivity (Wildman–Crippen MR) is 77.2 cm³/mol. The molecule has 7 heteroatoms. The highest BCUT2D eigenvalue weighted by atomic mass is 16.5. The van der Waals surface area contributed by atoms with Crippen LogP contribution in [0.3, 0.4) is 0 Å². The zero-order valence-electron chi connectivity index (χ0n) is 11.7. The fourth-order valence-corrected chi connectivity index (χ4v) is 2.34. The number of hydrogen-bond acceptors (Lipinski definition) is 5. The van der Waals surface area contributed by atoms with E-state index in [0.29, 0.717) is 13.0 Å². The lowest BCUT2D eigenvalue weighted by Gasteiger charge is -2.11. The molecule has 0 spiro atoms. The Kier molecular flexibility index (Phi) is 3.94. The molecule has 2 unspecified atom stereocenters. The molecule has 1 aromatic carbocycles. The van der Waals surface area contributed by atoms with Gasteiger partial charge in [0.15, 0.2) is 0 Å². The fourth-order valence-electron chi connectivity index (χ4n) is 2.34. The zero-order chi connectivity index (χ0) is 14.7. The van der Waals surface area contributed by atoms with Crippen LogP contribution in [0.4, 0.5) is 5.69 Å². The summed E-state index contributed by atoms with van der Waals surface area (Å²) >= 11 is 0. The molecule has 1 aliphatic rings. The largest absolute Gasteiger partial charge is 0.380 e. The average Bonchev–Trinajstić information content (AvgIpc) is 3.19. The highest BCUT2D eigenvalue weighted by molar-refractivity contribution is 5.95. The van der Waals surface area contributed by atoms with E-state index in [2.05, 4.69) is 20.8 Å². The Morgan fingerprint density at radius 3 is 2.67 bits per heavy atom. The van der Waals surface area contributed by atoms with Gasteiger partial charge in [0, 0.05) is 19.3 Å². The van der Waals surface area contributed by atoms with Crippen LogP contribution in [0.2, 0.25) is 0 Å². The number of nitrogens with zero attached hydrogens (tertiary/aromatic N) is 3. The number of hydrogen-bond donors (Lipinski definition) is 2. The van der Waals surface area contributed by atoms with Gasteiger partial charge in [0.1, 0.15) is 0 Å². The second-order valence-corrected chi connectivity index (χ2v) is 4.91. The van der Waals surface area contributed by atoms with Crippen molar-refractivity contribution < 1.29 is 9.53 Å². The van der Waals surface area contributed by atoms with Crippen molar-refractivity contribution in [3.63, 3.8) is 0 Å². The van der Waals surface area contributed by atoms with Crippen LogP contribution in [0, 0.1) is 0 Å². The van der Waals surface area contributed by atoms with E-state index in [0.717, 1.165) is 11.4 Å². The third-order valence-electron chi connectivity index (χ3n) is 3.52. The lowest BCUT2D eigenvalue weighted by atomic mass is 10.2. The summed E-state index contributed by atoms with van der Waals surface area (Å²) < 4.78 is 5.24. The van der Waals surface area contributed by atoms with Crippen molar-refractivity contribution in [3.8, 4) is 5.69 Å². The van der Waals surface area contributed by atoms with Crippen LogP contribution in [-0.2, 0) is 9.53 Å². The van der Waals surface area contributed by atoms with E-state index in [-0.39, 0.29) is 18.1 Å². The monoisotopic (exact) mass is 287 g/mol. The zero-order valence-corrected chi connectivity index (χ0v) is 11.7. The first-order valence-corrected chi connectivity index (χ1v) is 6.80. The Bertz CT molecular complexity index is 596. The lowest BCUT2D eigenvalue weighted by Crippen LogP contribution is -2.35. The molecule has 0 aliphatic carbocycles. The van der Waals surface area contributed by atoms with Crippen molar-refractivity contribution in [1.82, 2.24) is 20.3 Å². The molecule has 1 aliphatic heterocycles. The molecule has 2 atom stereocenters. The first-order chi connectivity index (χ1) is 10.3. The molecule has 0 bridgehead atoms. The number of amides is 1. The van der Waals surface area contributed by atoms with Crippen LogP contribution in [0.15, 0.2) is 36.7 Å². The van der Waals surface area contributed by atoms with Gasteiger partial charge in [0.2, 0.25) is 5.91 Å². The maximum absolute atomic E-state index is 12.1. The van der Waals surface area contributed by atoms with Gasteiger partial charge in [-0.25, -0.2) is 0 Å². The van der Waals surface area contributed by atoms with Gasteiger partial charge in [-0.3, -0.25) is 4.79 Å². The molecule has 1 amide bonds. The average molecular weight is 287 g/mol. The topological polar surface area (TPSA) is 81.1 Å². The smallest absolute Gasteiger partial charge is 0.241 e. The number of benzene rings is 1. The Balaban J connectivity index is 1.62.